The number of halogens is 4. The van der Waals surface area contributed by atoms with Crippen LogP contribution in [0.5, 0.6) is 0 Å². The number of amides is 3. The minimum atomic E-state index is -4.66. The van der Waals surface area contributed by atoms with Gasteiger partial charge in [-0.05, 0) is 35.9 Å². The molecule has 0 saturated heterocycles. The molecular weight excluding hydrogens is 513 g/mol. The van der Waals surface area contributed by atoms with Gasteiger partial charge in [0.25, 0.3) is 17.7 Å². The molecule has 1 atom stereocenters. The summed E-state index contributed by atoms with van der Waals surface area (Å²) >= 11 is 5.88. The second-order valence-corrected chi connectivity index (χ2v) is 8.49. The fourth-order valence-corrected chi connectivity index (χ4v) is 3.99. The van der Waals surface area contributed by atoms with E-state index in [0.29, 0.717) is 11.6 Å². The second kappa shape index (κ2) is 10.4. The summed E-state index contributed by atoms with van der Waals surface area (Å²) in [7, 11) is 0. The predicted octanol–water partition coefficient (Wildman–Crippen LogP) is 4.75. The Labute approximate surface area is 213 Å². The Morgan fingerprint density at radius 3 is 2.11 bits per heavy atom. The number of hydrogen-bond acceptors (Lipinski definition) is 5. The van der Waals surface area contributed by atoms with Crippen LogP contribution in [0, 0.1) is 0 Å². The van der Waals surface area contributed by atoms with Crippen molar-refractivity contribution in [1.82, 2.24) is 4.90 Å². The molecule has 3 aromatic rings. The van der Waals surface area contributed by atoms with Crippen LogP contribution in [0.4, 0.5) is 18.9 Å². The Balaban J connectivity index is 1.51. The summed E-state index contributed by atoms with van der Waals surface area (Å²) in [5, 5.41) is 2.02. The lowest BCUT2D eigenvalue weighted by molar-refractivity contribution is -0.151. The van der Waals surface area contributed by atoms with E-state index in [-0.39, 0.29) is 28.3 Å². The number of carbonyl (C=O) groups excluding carboxylic acids is 4. The molecule has 0 fully saturated rings. The van der Waals surface area contributed by atoms with E-state index in [1.54, 1.807) is 42.5 Å². The first-order valence-electron chi connectivity index (χ1n) is 10.9. The van der Waals surface area contributed by atoms with E-state index in [1.165, 1.54) is 12.1 Å². The molecule has 0 unspecified atom stereocenters. The van der Waals surface area contributed by atoms with Crippen LogP contribution in [0.2, 0.25) is 5.02 Å². The summed E-state index contributed by atoms with van der Waals surface area (Å²) in [4.78, 5) is 52.2. The topological polar surface area (TPSA) is 92.8 Å². The molecule has 4 rings (SSSR count). The molecule has 0 spiro atoms. The smallest absolute Gasteiger partial charge is 0.416 e. The third kappa shape index (κ3) is 5.64. The highest BCUT2D eigenvalue weighted by molar-refractivity contribution is 6.33. The van der Waals surface area contributed by atoms with E-state index in [4.69, 9.17) is 16.3 Å². The van der Waals surface area contributed by atoms with Crippen molar-refractivity contribution < 1.29 is 37.1 Å². The standard InChI is InChI=1S/C26H18ClF3N2O5/c27-19-11-10-16(26(28,29)30)13-20(19)31-22(33)14-37-25(36)21(12-15-6-2-1-3-7-15)32-23(34)17-8-4-5-9-18(17)24(32)35/h1-11,13,21H,12,14H2,(H,31,33)/t21-/m0/s1. The third-order valence-corrected chi connectivity index (χ3v) is 5.92. The van der Waals surface area contributed by atoms with Crippen molar-refractivity contribution in [3.8, 4) is 0 Å². The largest absolute Gasteiger partial charge is 0.454 e. The Bertz CT molecular complexity index is 1340. The van der Waals surface area contributed by atoms with Crippen LogP contribution in [0.25, 0.3) is 0 Å². The maximum absolute atomic E-state index is 13.1. The van der Waals surface area contributed by atoms with Gasteiger partial charge in [-0.3, -0.25) is 19.3 Å². The van der Waals surface area contributed by atoms with Crippen LogP contribution in [0.3, 0.4) is 0 Å². The van der Waals surface area contributed by atoms with Crippen molar-refractivity contribution in [3.05, 3.63) is 100 Å². The average molecular weight is 531 g/mol. The molecule has 1 N–H and O–H groups in total. The van der Waals surface area contributed by atoms with Crippen LogP contribution >= 0.6 is 11.6 Å². The Kier molecular flexibility index (Phi) is 7.30. The first-order chi connectivity index (χ1) is 17.6. The highest BCUT2D eigenvalue weighted by atomic mass is 35.5. The summed E-state index contributed by atoms with van der Waals surface area (Å²) in [6, 6.07) is 15.7. The number of nitrogens with zero attached hydrogens (tertiary/aromatic N) is 1. The number of esters is 1. The molecule has 0 aromatic heterocycles. The number of anilines is 1. The highest BCUT2D eigenvalue weighted by Crippen LogP contribution is 2.34. The molecule has 0 bridgehead atoms. The minimum Gasteiger partial charge on any atom is -0.454 e. The molecule has 0 radical (unpaired) electrons. The summed E-state index contributed by atoms with van der Waals surface area (Å²) in [6.07, 6.45) is -4.74. The molecule has 0 saturated carbocycles. The molecule has 0 aliphatic carbocycles. The number of benzene rings is 3. The molecule has 37 heavy (non-hydrogen) atoms. The SMILES string of the molecule is O=C(COC(=O)[C@H](Cc1ccccc1)N1C(=O)c2ccccc2C1=O)Nc1cc(C(F)(F)F)ccc1Cl. The van der Waals surface area contributed by atoms with E-state index in [9.17, 15) is 32.3 Å². The Morgan fingerprint density at radius 2 is 1.51 bits per heavy atom. The summed E-state index contributed by atoms with van der Waals surface area (Å²) < 4.78 is 44.0. The van der Waals surface area contributed by atoms with Crippen molar-refractivity contribution in [3.63, 3.8) is 0 Å². The van der Waals surface area contributed by atoms with Crippen molar-refractivity contribution in [2.75, 3.05) is 11.9 Å². The number of rotatable bonds is 7. The van der Waals surface area contributed by atoms with Gasteiger partial charge in [0.2, 0.25) is 0 Å². The average Bonchev–Trinajstić information content (AvgIpc) is 3.12. The van der Waals surface area contributed by atoms with Gasteiger partial charge in [-0.15, -0.1) is 0 Å². The van der Waals surface area contributed by atoms with Gasteiger partial charge in [0.15, 0.2) is 6.61 Å². The zero-order chi connectivity index (χ0) is 26.7. The van der Waals surface area contributed by atoms with Crippen LogP contribution in [0.1, 0.15) is 31.8 Å². The first-order valence-corrected chi connectivity index (χ1v) is 11.3. The zero-order valence-electron chi connectivity index (χ0n) is 18.9. The van der Waals surface area contributed by atoms with Gasteiger partial charge in [-0.25, -0.2) is 4.79 Å². The van der Waals surface area contributed by atoms with Gasteiger partial charge < -0.3 is 10.1 Å². The maximum Gasteiger partial charge on any atom is 0.416 e. The van der Waals surface area contributed by atoms with Crippen LogP contribution in [-0.4, -0.2) is 41.2 Å². The quantitative estimate of drug-likeness (QED) is 0.352. The van der Waals surface area contributed by atoms with E-state index in [0.717, 1.165) is 17.0 Å². The van der Waals surface area contributed by atoms with Crippen molar-refractivity contribution in [1.29, 1.82) is 0 Å². The summed E-state index contributed by atoms with van der Waals surface area (Å²) in [5.74, 6) is -3.36. The van der Waals surface area contributed by atoms with Gasteiger partial charge in [-0.1, -0.05) is 54.1 Å². The zero-order valence-corrected chi connectivity index (χ0v) is 19.7. The number of nitrogens with one attached hydrogen (secondary N) is 1. The minimum absolute atomic E-state index is 0.0772. The normalized spacial score (nSPS) is 13.8. The number of imide groups is 1. The fourth-order valence-electron chi connectivity index (χ4n) is 3.82. The van der Waals surface area contributed by atoms with Crippen LogP contribution in [0.15, 0.2) is 72.8 Å². The lowest BCUT2D eigenvalue weighted by Gasteiger charge is -2.24. The van der Waals surface area contributed by atoms with Crippen LogP contribution in [-0.2, 0) is 26.9 Å². The molecule has 7 nitrogen and oxygen atoms in total. The van der Waals surface area contributed by atoms with Gasteiger partial charge in [0, 0.05) is 6.42 Å². The second-order valence-electron chi connectivity index (χ2n) is 8.08. The van der Waals surface area contributed by atoms with Gasteiger partial charge in [0.1, 0.15) is 6.04 Å². The molecule has 1 aliphatic heterocycles. The first kappa shape index (κ1) is 25.9. The highest BCUT2D eigenvalue weighted by Gasteiger charge is 2.43. The molecule has 1 heterocycles. The summed E-state index contributed by atoms with van der Waals surface area (Å²) in [6.45, 7) is -0.889. The van der Waals surface area contributed by atoms with Gasteiger partial charge >= 0.3 is 12.1 Å². The number of fused-ring (bicyclic) bond motifs is 1. The molecule has 190 valence electrons. The third-order valence-electron chi connectivity index (χ3n) is 5.59. The number of hydrogen-bond donors (Lipinski definition) is 1. The van der Waals surface area contributed by atoms with E-state index >= 15 is 0 Å². The monoisotopic (exact) mass is 530 g/mol. The summed E-state index contributed by atoms with van der Waals surface area (Å²) in [5.41, 5.74) is -0.455. The van der Waals surface area contributed by atoms with Crippen molar-refractivity contribution >= 4 is 41.0 Å². The maximum atomic E-state index is 13.1. The molecule has 1 aliphatic rings. The number of alkyl halides is 3. The van der Waals surface area contributed by atoms with Crippen molar-refractivity contribution in [2.24, 2.45) is 0 Å². The lowest BCUT2D eigenvalue weighted by atomic mass is 10.0. The van der Waals surface area contributed by atoms with E-state index < -0.39 is 48.1 Å². The molecule has 3 amide bonds. The Morgan fingerprint density at radius 1 is 0.919 bits per heavy atom. The number of carbonyl (C=O) groups is 4. The van der Waals surface area contributed by atoms with Gasteiger partial charge in [-0.2, -0.15) is 13.2 Å². The van der Waals surface area contributed by atoms with E-state index in [1.807, 2.05) is 0 Å². The van der Waals surface area contributed by atoms with Crippen molar-refractivity contribution in [2.45, 2.75) is 18.6 Å². The molecule has 11 heteroatoms. The molecular formula is C26H18ClF3N2O5. The Hall–Kier alpha value is -4.18. The molecule has 3 aromatic carbocycles. The predicted molar refractivity (Wildman–Crippen MR) is 127 cm³/mol. The van der Waals surface area contributed by atoms with Crippen LogP contribution < -0.4 is 5.32 Å². The van der Waals surface area contributed by atoms with Gasteiger partial charge in [0.05, 0.1) is 27.4 Å². The number of ether oxygens (including phenoxy) is 1. The lowest BCUT2D eigenvalue weighted by Crippen LogP contribution is -2.47. The fraction of sp³-hybridized carbons (Fsp3) is 0.154. The van der Waals surface area contributed by atoms with E-state index in [2.05, 4.69) is 5.32 Å².